The van der Waals surface area contributed by atoms with Gasteiger partial charge in [-0.15, -0.1) is 0 Å². The molecule has 2 aromatic carbocycles. The van der Waals surface area contributed by atoms with Gasteiger partial charge in [0.25, 0.3) is 11.8 Å². The van der Waals surface area contributed by atoms with E-state index in [0.29, 0.717) is 41.4 Å². The van der Waals surface area contributed by atoms with Crippen molar-refractivity contribution in [2.24, 2.45) is 0 Å². The second-order valence-corrected chi connectivity index (χ2v) is 9.39. The molecule has 3 aromatic rings. The number of ether oxygens (including phenoxy) is 2. The normalized spacial score (nSPS) is 15.2. The first kappa shape index (κ1) is 26.1. The van der Waals surface area contributed by atoms with Crippen molar-refractivity contribution in [1.29, 1.82) is 0 Å². The van der Waals surface area contributed by atoms with Crippen molar-refractivity contribution < 1.29 is 19.1 Å². The van der Waals surface area contributed by atoms with Gasteiger partial charge in [-0.05, 0) is 62.4 Å². The number of likely N-dealkylation sites (N-methyl/N-ethyl adjacent to an activating group) is 1. The van der Waals surface area contributed by atoms with Gasteiger partial charge in [0.05, 0.1) is 19.8 Å². The number of nitrogens with zero attached hydrogens (tertiary/aromatic N) is 4. The molecule has 8 nitrogen and oxygen atoms in total. The van der Waals surface area contributed by atoms with Crippen LogP contribution in [0.3, 0.4) is 0 Å². The Kier molecular flexibility index (Phi) is 8.38. The van der Waals surface area contributed by atoms with Crippen molar-refractivity contribution >= 4 is 11.8 Å². The molecule has 0 aliphatic carbocycles. The van der Waals surface area contributed by atoms with E-state index in [1.807, 2.05) is 35.2 Å². The van der Waals surface area contributed by atoms with Crippen LogP contribution in [0.2, 0.25) is 0 Å². The number of carbonyl (C=O) groups is 2. The van der Waals surface area contributed by atoms with Crippen LogP contribution >= 0.6 is 0 Å². The topological polar surface area (TPSA) is 84.9 Å². The third-order valence-electron chi connectivity index (χ3n) is 6.86. The highest BCUT2D eigenvalue weighted by molar-refractivity contribution is 5.95. The maximum absolute atomic E-state index is 13.1. The predicted octanol–water partition coefficient (Wildman–Crippen LogP) is 4.49. The molecule has 1 aliphatic heterocycles. The first-order chi connectivity index (χ1) is 17.9. The van der Waals surface area contributed by atoms with E-state index in [2.05, 4.69) is 16.9 Å². The average Bonchev–Trinajstić information content (AvgIpc) is 2.95. The quantitative estimate of drug-likeness (QED) is 0.451. The lowest BCUT2D eigenvalue weighted by Crippen LogP contribution is -2.42. The Morgan fingerprint density at radius 1 is 1.00 bits per heavy atom. The zero-order chi connectivity index (χ0) is 26.4. The van der Waals surface area contributed by atoms with Crippen molar-refractivity contribution in [2.45, 2.75) is 38.6 Å². The fraction of sp³-hybridized carbons (Fsp3) is 0.379. The molecule has 0 saturated carbocycles. The van der Waals surface area contributed by atoms with E-state index in [1.54, 1.807) is 50.7 Å². The number of amides is 2. The molecular formula is C29H34N4O4. The van der Waals surface area contributed by atoms with Gasteiger partial charge in [-0.3, -0.25) is 9.59 Å². The number of carbonyl (C=O) groups excluding carboxylic acids is 2. The Hall–Kier alpha value is -3.94. The maximum atomic E-state index is 13.1. The van der Waals surface area contributed by atoms with Crippen molar-refractivity contribution in [3.8, 4) is 22.9 Å². The Balaban J connectivity index is 1.41. The van der Waals surface area contributed by atoms with Gasteiger partial charge in [0.2, 0.25) is 0 Å². The number of hydrogen-bond donors (Lipinski definition) is 0. The molecule has 1 saturated heterocycles. The minimum atomic E-state index is -0.0896. The summed E-state index contributed by atoms with van der Waals surface area (Å²) in [6.45, 7) is 3.39. The SMILES string of the molecule is COc1ccc(CCN(C)C(=O)c2cccc(-c3ncc(C(=O)N4CCCCC4C)cn3)c2)cc1OC. The van der Waals surface area contributed by atoms with Crippen LogP contribution in [-0.2, 0) is 6.42 Å². The van der Waals surface area contributed by atoms with Gasteiger partial charge in [-0.1, -0.05) is 18.2 Å². The zero-order valence-electron chi connectivity index (χ0n) is 21.9. The highest BCUT2D eigenvalue weighted by atomic mass is 16.5. The number of piperidine rings is 1. The molecule has 194 valence electrons. The molecular weight excluding hydrogens is 468 g/mol. The van der Waals surface area contributed by atoms with E-state index >= 15 is 0 Å². The van der Waals surface area contributed by atoms with Crippen LogP contribution in [-0.4, -0.2) is 72.0 Å². The van der Waals surface area contributed by atoms with Gasteiger partial charge in [-0.25, -0.2) is 9.97 Å². The summed E-state index contributed by atoms with van der Waals surface area (Å²) in [4.78, 5) is 38.5. The monoisotopic (exact) mass is 502 g/mol. The Morgan fingerprint density at radius 2 is 1.76 bits per heavy atom. The summed E-state index contributed by atoms with van der Waals surface area (Å²) < 4.78 is 10.7. The summed E-state index contributed by atoms with van der Waals surface area (Å²) in [6, 6.07) is 13.3. The molecule has 8 heteroatoms. The van der Waals surface area contributed by atoms with Crippen LogP contribution in [0.25, 0.3) is 11.4 Å². The second kappa shape index (κ2) is 11.9. The summed E-state index contributed by atoms with van der Waals surface area (Å²) in [5.41, 5.74) is 2.82. The summed E-state index contributed by atoms with van der Waals surface area (Å²) >= 11 is 0. The number of methoxy groups -OCH3 is 2. The lowest BCUT2D eigenvalue weighted by molar-refractivity contribution is 0.0634. The van der Waals surface area contributed by atoms with E-state index in [-0.39, 0.29) is 17.9 Å². The summed E-state index contributed by atoms with van der Waals surface area (Å²) in [6.07, 6.45) is 7.04. The van der Waals surface area contributed by atoms with E-state index in [1.165, 1.54) is 0 Å². The fourth-order valence-electron chi connectivity index (χ4n) is 4.60. The van der Waals surface area contributed by atoms with Crippen LogP contribution in [0.5, 0.6) is 11.5 Å². The summed E-state index contributed by atoms with van der Waals surface area (Å²) in [5, 5.41) is 0. The van der Waals surface area contributed by atoms with Crippen LogP contribution in [0.4, 0.5) is 0 Å². The van der Waals surface area contributed by atoms with Gasteiger partial charge in [-0.2, -0.15) is 0 Å². The number of hydrogen-bond acceptors (Lipinski definition) is 6. The molecule has 2 amide bonds. The minimum Gasteiger partial charge on any atom is -0.493 e. The smallest absolute Gasteiger partial charge is 0.257 e. The molecule has 0 radical (unpaired) electrons. The first-order valence-electron chi connectivity index (χ1n) is 12.6. The number of likely N-dealkylation sites (tertiary alicyclic amines) is 1. The van der Waals surface area contributed by atoms with E-state index in [0.717, 1.165) is 36.9 Å². The van der Waals surface area contributed by atoms with E-state index in [4.69, 9.17) is 9.47 Å². The lowest BCUT2D eigenvalue weighted by Gasteiger charge is -2.33. The highest BCUT2D eigenvalue weighted by Gasteiger charge is 2.24. The molecule has 0 spiro atoms. The molecule has 1 fully saturated rings. The molecule has 2 heterocycles. The van der Waals surface area contributed by atoms with Crippen molar-refractivity contribution in [2.75, 3.05) is 34.4 Å². The van der Waals surface area contributed by atoms with Gasteiger partial charge >= 0.3 is 0 Å². The largest absolute Gasteiger partial charge is 0.493 e. The summed E-state index contributed by atoms with van der Waals surface area (Å²) in [7, 11) is 5.00. The average molecular weight is 503 g/mol. The first-order valence-corrected chi connectivity index (χ1v) is 12.6. The van der Waals surface area contributed by atoms with Gasteiger partial charge in [0, 0.05) is 49.7 Å². The van der Waals surface area contributed by atoms with Crippen molar-refractivity contribution in [1.82, 2.24) is 19.8 Å². The molecule has 0 bridgehead atoms. The third kappa shape index (κ3) is 6.07. The van der Waals surface area contributed by atoms with Gasteiger partial charge in [0.15, 0.2) is 17.3 Å². The van der Waals surface area contributed by atoms with E-state index < -0.39 is 0 Å². The van der Waals surface area contributed by atoms with Gasteiger partial charge in [0.1, 0.15) is 0 Å². The molecule has 1 atom stereocenters. The number of aromatic nitrogens is 2. The standard InChI is InChI=1S/C29H34N4O4/c1-20-8-5-6-14-33(20)29(35)24-18-30-27(31-19-24)22-9-7-10-23(17-22)28(34)32(2)15-13-21-11-12-25(36-3)26(16-21)37-4/h7,9-12,16-20H,5-6,8,13-15H2,1-4H3. The minimum absolute atomic E-state index is 0.0289. The molecule has 1 aromatic heterocycles. The number of rotatable bonds is 8. The molecule has 1 aliphatic rings. The third-order valence-corrected chi connectivity index (χ3v) is 6.86. The van der Waals surface area contributed by atoms with Crippen LogP contribution in [0.1, 0.15) is 52.5 Å². The number of benzene rings is 2. The van der Waals surface area contributed by atoms with E-state index in [9.17, 15) is 9.59 Å². The Labute approximate surface area is 218 Å². The Bertz CT molecular complexity index is 1240. The zero-order valence-corrected chi connectivity index (χ0v) is 21.9. The lowest BCUT2D eigenvalue weighted by atomic mass is 10.0. The van der Waals surface area contributed by atoms with Crippen LogP contribution < -0.4 is 9.47 Å². The molecule has 37 heavy (non-hydrogen) atoms. The molecule has 1 unspecified atom stereocenters. The maximum Gasteiger partial charge on any atom is 0.257 e. The van der Waals surface area contributed by atoms with Crippen molar-refractivity contribution in [3.05, 3.63) is 71.5 Å². The summed E-state index contributed by atoms with van der Waals surface area (Å²) in [5.74, 6) is 1.70. The molecule has 0 N–H and O–H groups in total. The van der Waals surface area contributed by atoms with Gasteiger partial charge < -0.3 is 19.3 Å². The second-order valence-electron chi connectivity index (χ2n) is 9.39. The predicted molar refractivity (Wildman–Crippen MR) is 142 cm³/mol. The Morgan fingerprint density at radius 3 is 2.46 bits per heavy atom. The fourth-order valence-corrected chi connectivity index (χ4v) is 4.60. The highest BCUT2D eigenvalue weighted by Crippen LogP contribution is 2.28. The van der Waals surface area contributed by atoms with Crippen molar-refractivity contribution in [3.63, 3.8) is 0 Å². The molecule has 4 rings (SSSR count). The van der Waals surface area contributed by atoms with Crippen LogP contribution in [0, 0.1) is 0 Å². The van der Waals surface area contributed by atoms with Crippen LogP contribution in [0.15, 0.2) is 54.9 Å².